The van der Waals surface area contributed by atoms with Gasteiger partial charge in [0.05, 0.1) is 10.0 Å². The second-order valence-corrected chi connectivity index (χ2v) is 7.54. The fourth-order valence-corrected chi connectivity index (χ4v) is 3.01. The number of rotatable bonds is 10. The largest absolute Gasteiger partial charge is 0.489 e. The summed E-state index contributed by atoms with van der Waals surface area (Å²) in [5, 5.41) is 6.71. The fraction of sp³-hybridized carbons (Fsp3) is 0.200. The Bertz CT molecular complexity index is 908. The topological polar surface area (TPSA) is 69.2 Å². The monoisotopic (exact) mass is 490 g/mol. The Kier molecular flexibility index (Phi) is 10.1. The summed E-state index contributed by atoms with van der Waals surface area (Å²) in [6, 6.07) is 10.7. The number of ether oxygens (including phenoxy) is 2. The molecule has 2 aromatic rings. The molecular formula is C20H18Cl4N2O4. The van der Waals surface area contributed by atoms with E-state index in [1.54, 1.807) is 12.1 Å². The molecule has 0 heterocycles. The van der Waals surface area contributed by atoms with Crippen molar-refractivity contribution in [1.29, 1.82) is 0 Å². The van der Waals surface area contributed by atoms with Gasteiger partial charge < -0.3 is 19.6 Å². The first-order chi connectivity index (χ1) is 14.4. The molecule has 30 heavy (non-hydrogen) atoms. The molecule has 0 aromatic heterocycles. The lowest BCUT2D eigenvalue weighted by molar-refractivity contribution is -0.114. The zero-order chi connectivity index (χ0) is 21.9. The molecule has 160 valence electrons. The van der Waals surface area contributed by atoms with E-state index >= 15 is 0 Å². The molecule has 0 bridgehead atoms. The van der Waals surface area contributed by atoms with Crippen molar-refractivity contribution in [3.63, 3.8) is 0 Å². The first-order valence-corrected chi connectivity index (χ1v) is 10.1. The molecule has 0 saturated heterocycles. The van der Waals surface area contributed by atoms with E-state index in [1.807, 2.05) is 24.3 Å². The average molecular weight is 492 g/mol. The van der Waals surface area contributed by atoms with Gasteiger partial charge in [-0.1, -0.05) is 75.8 Å². The first kappa shape index (κ1) is 24.2. The van der Waals surface area contributed by atoms with E-state index in [-0.39, 0.29) is 33.7 Å². The van der Waals surface area contributed by atoms with E-state index in [4.69, 9.17) is 55.9 Å². The summed E-state index contributed by atoms with van der Waals surface area (Å²) in [5.41, 5.74) is 1.77. The van der Waals surface area contributed by atoms with Crippen molar-refractivity contribution in [2.75, 3.05) is 13.7 Å². The number of nitrogens with zero attached hydrogens (tertiary/aromatic N) is 1. The number of benzene rings is 2. The van der Waals surface area contributed by atoms with Crippen LogP contribution in [0.4, 0.5) is 0 Å². The number of hydrogen-bond acceptors (Lipinski definition) is 5. The van der Waals surface area contributed by atoms with Gasteiger partial charge in [0, 0.05) is 18.7 Å². The zero-order valence-corrected chi connectivity index (χ0v) is 18.9. The van der Waals surface area contributed by atoms with Crippen molar-refractivity contribution in [2.24, 2.45) is 5.16 Å². The predicted octanol–water partition coefficient (Wildman–Crippen LogP) is 5.52. The van der Waals surface area contributed by atoms with Gasteiger partial charge in [0.1, 0.15) is 36.8 Å². The second kappa shape index (κ2) is 12.5. The summed E-state index contributed by atoms with van der Waals surface area (Å²) in [6.07, 6.45) is 2.53. The van der Waals surface area contributed by atoms with Crippen molar-refractivity contribution < 1.29 is 19.1 Å². The number of nitrogens with one attached hydrogen (secondary N) is 1. The minimum absolute atomic E-state index is 0.0861. The lowest BCUT2D eigenvalue weighted by atomic mass is 10.1. The predicted molar refractivity (Wildman–Crippen MR) is 120 cm³/mol. The maximum Gasteiger partial charge on any atom is 0.266 e. The van der Waals surface area contributed by atoms with Gasteiger partial charge in [0.25, 0.3) is 5.91 Å². The van der Waals surface area contributed by atoms with Gasteiger partial charge in [0.2, 0.25) is 0 Å². The number of carbonyl (C=O) groups is 1. The number of amides is 1. The number of halogens is 4. The molecule has 6 nitrogen and oxygen atoms in total. The summed E-state index contributed by atoms with van der Waals surface area (Å²) < 4.78 is 11.4. The molecule has 0 aliphatic carbocycles. The molecule has 0 unspecified atom stereocenters. The lowest BCUT2D eigenvalue weighted by Gasteiger charge is -2.14. The third-order valence-corrected chi connectivity index (χ3v) is 4.55. The van der Waals surface area contributed by atoms with Crippen molar-refractivity contribution in [2.45, 2.75) is 13.2 Å². The van der Waals surface area contributed by atoms with Crippen molar-refractivity contribution in [1.82, 2.24) is 5.32 Å². The van der Waals surface area contributed by atoms with Gasteiger partial charge in [-0.05, 0) is 17.2 Å². The highest BCUT2D eigenvalue weighted by atomic mass is 35.5. The smallest absolute Gasteiger partial charge is 0.266 e. The van der Waals surface area contributed by atoms with Gasteiger partial charge in [-0.15, -0.1) is 0 Å². The zero-order valence-electron chi connectivity index (χ0n) is 15.8. The third-order valence-electron chi connectivity index (χ3n) is 3.68. The number of oxime groups is 1. The standard InChI is InChI=1S/C20H18Cl4N2O4/c1-28-26-11-19(27)25-10-13-4-2-3-5-14(13)12-30-15-8-16(21)20(17(22)9-15)29-7-6-18(23)24/h2-6,8-9,11H,7,10,12H2,1H3,(H,25,27)/b26-11+. The molecule has 1 N–H and O–H groups in total. The fourth-order valence-electron chi connectivity index (χ4n) is 2.31. The Morgan fingerprint density at radius 2 is 1.77 bits per heavy atom. The summed E-state index contributed by atoms with van der Waals surface area (Å²) in [7, 11) is 1.36. The van der Waals surface area contributed by atoms with E-state index < -0.39 is 0 Å². The summed E-state index contributed by atoms with van der Waals surface area (Å²) in [6.45, 7) is 0.671. The van der Waals surface area contributed by atoms with Crippen LogP contribution in [-0.2, 0) is 22.8 Å². The summed E-state index contributed by atoms with van der Waals surface area (Å²) in [5.74, 6) is 0.402. The highest BCUT2D eigenvalue weighted by Crippen LogP contribution is 2.37. The first-order valence-electron chi connectivity index (χ1n) is 8.57. The average Bonchev–Trinajstić information content (AvgIpc) is 2.71. The highest BCUT2D eigenvalue weighted by Gasteiger charge is 2.11. The Labute approximate surface area is 194 Å². The van der Waals surface area contributed by atoms with Crippen LogP contribution in [0.15, 0.2) is 52.1 Å². The van der Waals surface area contributed by atoms with Crippen LogP contribution in [0.1, 0.15) is 11.1 Å². The molecule has 0 fully saturated rings. The molecule has 2 rings (SSSR count). The van der Waals surface area contributed by atoms with Crippen LogP contribution in [-0.4, -0.2) is 25.8 Å². The number of carbonyl (C=O) groups excluding carboxylic acids is 1. The Hall–Kier alpha value is -2.12. The molecule has 0 atom stereocenters. The van der Waals surface area contributed by atoms with E-state index in [2.05, 4.69) is 15.3 Å². The quantitative estimate of drug-likeness (QED) is 0.351. The van der Waals surface area contributed by atoms with Crippen LogP contribution < -0.4 is 14.8 Å². The van der Waals surface area contributed by atoms with Crippen LogP contribution in [0.5, 0.6) is 11.5 Å². The normalized spacial score (nSPS) is 10.6. The van der Waals surface area contributed by atoms with Crippen LogP contribution in [0.25, 0.3) is 0 Å². The lowest BCUT2D eigenvalue weighted by Crippen LogP contribution is -2.24. The van der Waals surface area contributed by atoms with Crippen LogP contribution >= 0.6 is 46.4 Å². The molecule has 0 aliphatic heterocycles. The van der Waals surface area contributed by atoms with E-state index in [1.165, 1.54) is 13.2 Å². The second-order valence-electron chi connectivity index (χ2n) is 5.71. The molecular weight excluding hydrogens is 474 g/mol. The van der Waals surface area contributed by atoms with Crippen molar-refractivity contribution in [3.05, 3.63) is 68.1 Å². The van der Waals surface area contributed by atoms with Gasteiger partial charge in [-0.25, -0.2) is 0 Å². The third kappa shape index (κ3) is 7.95. The van der Waals surface area contributed by atoms with Crippen LogP contribution in [0.3, 0.4) is 0 Å². The van der Waals surface area contributed by atoms with Crippen molar-refractivity contribution >= 4 is 58.5 Å². The minimum Gasteiger partial charge on any atom is -0.489 e. The molecule has 0 radical (unpaired) electrons. The summed E-state index contributed by atoms with van der Waals surface area (Å²) >= 11 is 23.6. The number of hydrogen-bond donors (Lipinski definition) is 1. The Balaban J connectivity index is 2.02. The molecule has 0 spiro atoms. The van der Waals surface area contributed by atoms with Crippen molar-refractivity contribution in [3.8, 4) is 11.5 Å². The van der Waals surface area contributed by atoms with Crippen LogP contribution in [0.2, 0.25) is 10.0 Å². The highest BCUT2D eigenvalue weighted by molar-refractivity contribution is 6.55. The molecule has 1 amide bonds. The molecule has 0 aliphatic rings. The van der Waals surface area contributed by atoms with Gasteiger partial charge >= 0.3 is 0 Å². The Morgan fingerprint density at radius 3 is 2.40 bits per heavy atom. The van der Waals surface area contributed by atoms with Gasteiger partial charge in [0.15, 0.2) is 5.75 Å². The molecule has 10 heteroatoms. The SMILES string of the molecule is CO/N=C/C(=O)NCc1ccccc1COc1cc(Cl)c(OCC=C(Cl)Cl)c(Cl)c1. The van der Waals surface area contributed by atoms with E-state index in [0.29, 0.717) is 18.0 Å². The maximum absolute atomic E-state index is 11.7. The molecule has 2 aromatic carbocycles. The van der Waals surface area contributed by atoms with E-state index in [0.717, 1.165) is 17.3 Å². The minimum atomic E-state index is -0.368. The maximum atomic E-state index is 11.7. The van der Waals surface area contributed by atoms with Gasteiger partial charge in [-0.3, -0.25) is 4.79 Å². The molecule has 0 saturated carbocycles. The van der Waals surface area contributed by atoms with Gasteiger partial charge in [-0.2, -0.15) is 0 Å². The Morgan fingerprint density at radius 1 is 1.10 bits per heavy atom. The van der Waals surface area contributed by atoms with E-state index in [9.17, 15) is 4.79 Å². The van der Waals surface area contributed by atoms with Crippen LogP contribution in [0, 0.1) is 0 Å². The summed E-state index contributed by atoms with van der Waals surface area (Å²) in [4.78, 5) is 16.1.